The van der Waals surface area contributed by atoms with E-state index in [-0.39, 0.29) is 35.1 Å². The number of hydrogen-bond donors (Lipinski definition) is 5. The lowest BCUT2D eigenvalue weighted by Gasteiger charge is -2.20. The summed E-state index contributed by atoms with van der Waals surface area (Å²) >= 11 is 0. The minimum absolute atomic E-state index is 0.0144. The van der Waals surface area contributed by atoms with Crippen molar-refractivity contribution in [2.24, 2.45) is 0 Å². The van der Waals surface area contributed by atoms with Crippen LogP contribution in [0.2, 0.25) is 0 Å². The van der Waals surface area contributed by atoms with Crippen LogP contribution in [0, 0.1) is 0 Å². The van der Waals surface area contributed by atoms with Crippen LogP contribution in [-0.4, -0.2) is 67.3 Å². The summed E-state index contributed by atoms with van der Waals surface area (Å²) in [6.45, 7) is 3.43. The summed E-state index contributed by atoms with van der Waals surface area (Å²) in [6, 6.07) is 6.22. The Bertz CT molecular complexity index is 1130. The van der Waals surface area contributed by atoms with Crippen molar-refractivity contribution in [1.82, 2.24) is 15.5 Å². The molecule has 0 bridgehead atoms. The molecule has 35 heavy (non-hydrogen) atoms. The van der Waals surface area contributed by atoms with E-state index in [4.69, 9.17) is 9.47 Å². The molecule has 1 aliphatic carbocycles. The van der Waals surface area contributed by atoms with Gasteiger partial charge in [-0.1, -0.05) is 6.07 Å². The summed E-state index contributed by atoms with van der Waals surface area (Å²) < 4.78 is 36.3. The molecule has 3 rings (SSSR count). The molecule has 0 spiro atoms. The number of ether oxygens (including phenoxy) is 2. The summed E-state index contributed by atoms with van der Waals surface area (Å²) in [5.41, 5.74) is 0.893. The lowest BCUT2D eigenvalue weighted by Crippen LogP contribution is -2.38. The molecule has 1 unspecified atom stereocenters. The van der Waals surface area contributed by atoms with Crippen LogP contribution in [0.1, 0.15) is 55.1 Å². The van der Waals surface area contributed by atoms with Gasteiger partial charge in [-0.2, -0.15) is 5.10 Å². The van der Waals surface area contributed by atoms with Crippen molar-refractivity contribution in [3.63, 3.8) is 0 Å². The van der Waals surface area contributed by atoms with E-state index in [2.05, 4.69) is 25.6 Å². The molecule has 0 saturated heterocycles. The minimum Gasteiger partial charge on any atom is -0.483 e. The first-order valence-electron chi connectivity index (χ1n) is 11.2. The number of hydrogen-bond acceptors (Lipinski definition) is 9. The zero-order chi connectivity index (χ0) is 25.6. The summed E-state index contributed by atoms with van der Waals surface area (Å²) in [6.07, 6.45) is 2.67. The summed E-state index contributed by atoms with van der Waals surface area (Å²) in [4.78, 5) is 23.8. The van der Waals surface area contributed by atoms with Gasteiger partial charge in [0.05, 0.1) is 23.6 Å². The number of carbonyl (C=O) groups is 2. The minimum atomic E-state index is -3.60. The topological polar surface area (TPSA) is 172 Å². The largest absolute Gasteiger partial charge is 0.483 e. The number of aldehydes is 1. The third kappa shape index (κ3) is 8.02. The van der Waals surface area contributed by atoms with Gasteiger partial charge in [0.2, 0.25) is 16.4 Å². The van der Waals surface area contributed by atoms with Crippen LogP contribution in [0.4, 0.5) is 11.5 Å². The van der Waals surface area contributed by atoms with Crippen LogP contribution in [0.5, 0.6) is 5.75 Å². The number of H-pyrrole nitrogens is 1. The smallest absolute Gasteiger partial charge is 0.263 e. The molecule has 12 nitrogen and oxygen atoms in total. The first-order valence-corrected chi connectivity index (χ1v) is 13.1. The number of aromatic nitrogens is 2. The fraction of sp³-hybridized carbons (Fsp3) is 0.500. The molecule has 1 heterocycles. The molecule has 1 aliphatic rings. The molecule has 5 N–H and O–H groups in total. The third-order valence-corrected chi connectivity index (χ3v) is 5.92. The number of aliphatic hydroxyl groups excluding tert-OH is 1. The maximum Gasteiger partial charge on any atom is 0.263 e. The zero-order valence-electron chi connectivity index (χ0n) is 19.8. The first-order chi connectivity index (χ1) is 16.5. The number of sulfonamides is 1. The zero-order valence-corrected chi connectivity index (χ0v) is 20.6. The summed E-state index contributed by atoms with van der Waals surface area (Å²) in [5, 5.41) is 22.5. The van der Waals surface area contributed by atoms with Gasteiger partial charge in [-0.25, -0.2) is 8.42 Å². The molecule has 1 aromatic heterocycles. The number of amides is 1. The Morgan fingerprint density at radius 3 is 2.80 bits per heavy atom. The monoisotopic (exact) mass is 509 g/mol. The van der Waals surface area contributed by atoms with Gasteiger partial charge in [-0.05, 0) is 45.2 Å². The Balaban J connectivity index is 1.52. The predicted octanol–water partition coefficient (Wildman–Crippen LogP) is 1.54. The number of carbonyl (C=O) groups excluding carboxylic acids is 2. The Hall–Kier alpha value is -3.00. The molecule has 3 atom stereocenters. The van der Waals surface area contributed by atoms with Gasteiger partial charge in [0, 0.05) is 23.7 Å². The van der Waals surface area contributed by atoms with Crippen LogP contribution >= 0.6 is 0 Å². The van der Waals surface area contributed by atoms with E-state index in [1.165, 1.54) is 18.2 Å². The highest BCUT2D eigenvalue weighted by atomic mass is 32.2. The Kier molecular flexibility index (Phi) is 8.83. The van der Waals surface area contributed by atoms with E-state index < -0.39 is 29.0 Å². The van der Waals surface area contributed by atoms with Crippen molar-refractivity contribution in [2.45, 2.75) is 57.6 Å². The second-order valence-corrected chi connectivity index (χ2v) is 10.4. The lowest BCUT2D eigenvalue weighted by atomic mass is 10.0. The molecule has 2 aromatic rings. The van der Waals surface area contributed by atoms with Crippen molar-refractivity contribution in [3.8, 4) is 5.75 Å². The van der Waals surface area contributed by atoms with E-state index in [0.717, 1.165) is 24.8 Å². The molecular formula is C22H31N5O7S. The quantitative estimate of drug-likeness (QED) is 0.210. The highest BCUT2D eigenvalue weighted by Gasteiger charge is 2.29. The number of anilines is 2. The van der Waals surface area contributed by atoms with Gasteiger partial charge in [0.1, 0.15) is 5.75 Å². The van der Waals surface area contributed by atoms with Crippen LogP contribution in [0.15, 0.2) is 24.3 Å². The average Bonchev–Trinajstić information content (AvgIpc) is 3.40. The van der Waals surface area contributed by atoms with Crippen molar-refractivity contribution in [3.05, 3.63) is 35.5 Å². The summed E-state index contributed by atoms with van der Waals surface area (Å²) in [7, 11) is -3.60. The van der Waals surface area contributed by atoms with Crippen molar-refractivity contribution < 1.29 is 32.6 Å². The van der Waals surface area contributed by atoms with E-state index in [0.29, 0.717) is 18.5 Å². The number of nitrogens with one attached hydrogen (secondary N) is 4. The molecule has 1 fully saturated rings. The average molecular weight is 510 g/mol. The van der Waals surface area contributed by atoms with Crippen molar-refractivity contribution >= 4 is 33.7 Å². The lowest BCUT2D eigenvalue weighted by molar-refractivity contribution is -0.155. The van der Waals surface area contributed by atoms with Crippen molar-refractivity contribution in [1.29, 1.82) is 0 Å². The number of rotatable bonds is 12. The molecule has 1 amide bonds. The van der Waals surface area contributed by atoms with Gasteiger partial charge >= 0.3 is 0 Å². The Morgan fingerprint density at radius 1 is 1.34 bits per heavy atom. The SMILES string of the molecule is CC(C)NC(O)O[C@@H]1CC[C@H](c2cc(NC(=O)COc3cccc(NS(C)(=O)=O)c3C=O)n[nH]2)C1. The summed E-state index contributed by atoms with van der Waals surface area (Å²) in [5.74, 6) is 0.0398. The molecule has 192 valence electrons. The van der Waals surface area contributed by atoms with E-state index >= 15 is 0 Å². The maximum absolute atomic E-state index is 12.3. The predicted molar refractivity (Wildman–Crippen MR) is 129 cm³/mol. The molecule has 0 radical (unpaired) electrons. The second-order valence-electron chi connectivity index (χ2n) is 8.70. The standard InChI is InChI=1S/C22H31N5O7S/c1-13(2)23-22(30)34-15-8-7-14(9-15)18-10-20(26-25-18)24-21(29)12-33-19-6-4-5-17(16(19)11-28)27-35(3,31)32/h4-6,10-11,13-15,22-23,27,30H,7-9,12H2,1-3H3,(H2,24,25,26,29)/t14-,15+,22?/m0/s1. The maximum atomic E-state index is 12.3. The molecule has 1 aromatic carbocycles. The van der Waals surface area contributed by atoms with Gasteiger partial charge in [0.15, 0.2) is 18.7 Å². The van der Waals surface area contributed by atoms with Gasteiger partial charge in [0.25, 0.3) is 5.91 Å². The fourth-order valence-corrected chi connectivity index (χ4v) is 4.44. The number of nitrogens with zero attached hydrogens (tertiary/aromatic N) is 1. The van der Waals surface area contributed by atoms with Gasteiger partial charge in [-0.15, -0.1) is 0 Å². The number of benzene rings is 1. The number of aromatic amines is 1. The fourth-order valence-electron chi connectivity index (χ4n) is 3.87. The molecule has 13 heteroatoms. The first kappa shape index (κ1) is 26.6. The number of aliphatic hydroxyl groups is 1. The highest BCUT2D eigenvalue weighted by molar-refractivity contribution is 7.92. The second kappa shape index (κ2) is 11.6. The van der Waals surface area contributed by atoms with Crippen LogP contribution in [0.25, 0.3) is 0 Å². The third-order valence-electron chi connectivity index (χ3n) is 5.32. The Morgan fingerprint density at radius 2 is 2.11 bits per heavy atom. The Labute approximate surface area is 203 Å². The van der Waals surface area contributed by atoms with E-state index in [1.807, 2.05) is 13.8 Å². The highest BCUT2D eigenvalue weighted by Crippen LogP contribution is 2.36. The van der Waals surface area contributed by atoms with Crippen LogP contribution < -0.4 is 20.1 Å². The van der Waals surface area contributed by atoms with Gasteiger partial charge < -0.3 is 19.9 Å². The van der Waals surface area contributed by atoms with Crippen LogP contribution in [-0.2, 0) is 19.6 Å². The molecule has 0 aliphatic heterocycles. The molecular weight excluding hydrogens is 478 g/mol. The molecule has 1 saturated carbocycles. The van der Waals surface area contributed by atoms with Gasteiger partial charge in [-0.3, -0.25) is 24.7 Å². The van der Waals surface area contributed by atoms with E-state index in [1.54, 1.807) is 6.07 Å². The van der Waals surface area contributed by atoms with Crippen LogP contribution in [0.3, 0.4) is 0 Å². The normalized spacial score (nSPS) is 18.9. The van der Waals surface area contributed by atoms with Crippen molar-refractivity contribution in [2.75, 3.05) is 22.9 Å². The van der Waals surface area contributed by atoms with E-state index in [9.17, 15) is 23.1 Å².